The van der Waals surface area contributed by atoms with Crippen LogP contribution in [0.25, 0.3) is 11.3 Å². The first kappa shape index (κ1) is 22.9. The normalized spacial score (nSPS) is 13.3. The molecule has 3 rings (SSSR count). The molecule has 31 heavy (non-hydrogen) atoms. The zero-order valence-electron chi connectivity index (χ0n) is 17.5. The summed E-state index contributed by atoms with van der Waals surface area (Å²) < 4.78 is 45.0. The molecule has 1 atom stereocenters. The van der Waals surface area contributed by atoms with Gasteiger partial charge in [-0.2, -0.15) is 18.3 Å². The number of H-pyrrole nitrogens is 1. The maximum absolute atomic E-state index is 13.1. The maximum atomic E-state index is 13.1. The van der Waals surface area contributed by atoms with Gasteiger partial charge in [0.2, 0.25) is 0 Å². The van der Waals surface area contributed by atoms with E-state index in [-0.39, 0.29) is 28.0 Å². The molecule has 2 N–H and O–H groups in total. The number of aromatic amines is 1. The van der Waals surface area contributed by atoms with E-state index in [1.165, 1.54) is 12.1 Å². The van der Waals surface area contributed by atoms with E-state index >= 15 is 0 Å². The topological polar surface area (TPSA) is 70.9 Å². The number of aromatic nitrogens is 2. The van der Waals surface area contributed by atoms with Gasteiger partial charge in [0.15, 0.2) is 0 Å². The lowest BCUT2D eigenvalue weighted by Crippen LogP contribution is -2.34. The average molecular weight is 454 g/mol. The number of halogens is 4. The van der Waals surface area contributed by atoms with Crippen LogP contribution in [-0.4, -0.2) is 22.1 Å². The summed E-state index contributed by atoms with van der Waals surface area (Å²) in [7, 11) is 0. The first-order valence-electron chi connectivity index (χ1n) is 9.67. The molecule has 1 amide bonds. The van der Waals surface area contributed by atoms with Crippen LogP contribution in [0.1, 0.15) is 55.2 Å². The van der Waals surface area contributed by atoms with E-state index in [1.807, 2.05) is 27.7 Å². The second kappa shape index (κ2) is 8.42. The van der Waals surface area contributed by atoms with Crippen molar-refractivity contribution in [1.29, 1.82) is 0 Å². The molecule has 9 heteroatoms. The monoisotopic (exact) mass is 453 g/mol. The Morgan fingerprint density at radius 3 is 2.52 bits per heavy atom. The summed E-state index contributed by atoms with van der Waals surface area (Å²) >= 11 is 5.67. The molecule has 5 nitrogen and oxygen atoms in total. The first-order valence-corrected chi connectivity index (χ1v) is 10.0. The molecule has 0 saturated heterocycles. The summed E-state index contributed by atoms with van der Waals surface area (Å²) in [6.45, 7) is 7.81. The van der Waals surface area contributed by atoms with Crippen LogP contribution >= 0.6 is 11.6 Å². The minimum absolute atomic E-state index is 0.182. The Kier molecular flexibility index (Phi) is 6.23. The quantitative estimate of drug-likeness (QED) is 0.497. The molecule has 0 fully saturated rings. The summed E-state index contributed by atoms with van der Waals surface area (Å²) in [5, 5.41) is 9.40. The van der Waals surface area contributed by atoms with Crippen LogP contribution < -0.4 is 5.32 Å². The molecule has 0 radical (unpaired) electrons. The van der Waals surface area contributed by atoms with Gasteiger partial charge in [-0.05, 0) is 43.3 Å². The largest absolute Gasteiger partial charge is 0.461 e. The maximum Gasteiger partial charge on any atom is 0.417 e. The SMILES string of the molecule is CC(Cc1ccc(-c2ccc(Cl)c(C(F)(F)F)c2)o1)NC(=O)c1cc(C(C)(C)C)n[nH]1. The highest BCUT2D eigenvalue weighted by molar-refractivity contribution is 6.31. The van der Waals surface area contributed by atoms with Crippen molar-refractivity contribution in [3.63, 3.8) is 0 Å². The second-order valence-electron chi connectivity index (χ2n) is 8.45. The van der Waals surface area contributed by atoms with E-state index < -0.39 is 11.7 Å². The Morgan fingerprint density at radius 1 is 1.19 bits per heavy atom. The molecule has 0 aliphatic carbocycles. The van der Waals surface area contributed by atoms with Gasteiger partial charge in [-0.3, -0.25) is 9.89 Å². The lowest BCUT2D eigenvalue weighted by Gasteiger charge is -2.14. The van der Waals surface area contributed by atoms with E-state index in [2.05, 4.69) is 15.5 Å². The third kappa shape index (κ3) is 5.50. The number of furan rings is 1. The number of amides is 1. The lowest BCUT2D eigenvalue weighted by molar-refractivity contribution is -0.137. The Balaban J connectivity index is 1.67. The summed E-state index contributed by atoms with van der Waals surface area (Å²) in [5.74, 6) is 0.528. The van der Waals surface area contributed by atoms with E-state index in [4.69, 9.17) is 16.0 Å². The van der Waals surface area contributed by atoms with Gasteiger partial charge in [0.05, 0.1) is 16.3 Å². The number of carbonyl (C=O) groups excluding carboxylic acids is 1. The molecule has 0 saturated carbocycles. The third-order valence-electron chi connectivity index (χ3n) is 4.69. The van der Waals surface area contributed by atoms with Crippen LogP contribution in [0.5, 0.6) is 0 Å². The van der Waals surface area contributed by atoms with Gasteiger partial charge >= 0.3 is 6.18 Å². The molecule has 1 unspecified atom stereocenters. The number of benzene rings is 1. The van der Waals surface area contributed by atoms with Crippen molar-refractivity contribution in [3.8, 4) is 11.3 Å². The molecule has 3 aromatic rings. The zero-order chi connectivity index (χ0) is 23.0. The Bertz CT molecular complexity index is 1080. The smallest absolute Gasteiger partial charge is 0.417 e. The van der Waals surface area contributed by atoms with Crippen molar-refractivity contribution in [2.24, 2.45) is 0 Å². The molecule has 166 valence electrons. The van der Waals surface area contributed by atoms with Crippen LogP contribution in [0.2, 0.25) is 5.02 Å². The number of nitrogens with one attached hydrogen (secondary N) is 2. The Hall–Kier alpha value is -2.74. The summed E-state index contributed by atoms with van der Waals surface area (Å²) in [6.07, 6.45) is -4.19. The van der Waals surface area contributed by atoms with Crippen molar-refractivity contribution in [2.75, 3.05) is 0 Å². The van der Waals surface area contributed by atoms with Crippen molar-refractivity contribution in [3.05, 3.63) is 64.1 Å². The number of hydrogen-bond donors (Lipinski definition) is 2. The number of nitrogens with zero attached hydrogens (tertiary/aromatic N) is 1. The Labute approximate surface area is 183 Å². The number of alkyl halides is 3. The number of rotatable bonds is 5. The van der Waals surface area contributed by atoms with Gasteiger partial charge in [-0.15, -0.1) is 0 Å². The fraction of sp³-hybridized carbons (Fsp3) is 0.364. The highest BCUT2D eigenvalue weighted by Gasteiger charge is 2.33. The summed E-state index contributed by atoms with van der Waals surface area (Å²) in [6, 6.07) is 8.33. The van der Waals surface area contributed by atoms with E-state index in [1.54, 1.807) is 18.2 Å². The van der Waals surface area contributed by atoms with E-state index in [0.717, 1.165) is 11.8 Å². The first-order chi connectivity index (χ1) is 14.3. The van der Waals surface area contributed by atoms with Crippen molar-refractivity contribution in [2.45, 2.75) is 51.7 Å². The highest BCUT2D eigenvalue weighted by atomic mass is 35.5. The molecule has 0 aliphatic heterocycles. The molecule has 2 aromatic heterocycles. The minimum Gasteiger partial charge on any atom is -0.461 e. The Morgan fingerprint density at radius 2 is 1.90 bits per heavy atom. The molecule has 2 heterocycles. The molecule has 0 bridgehead atoms. The van der Waals surface area contributed by atoms with Crippen molar-refractivity contribution >= 4 is 17.5 Å². The van der Waals surface area contributed by atoms with E-state index in [9.17, 15) is 18.0 Å². The van der Waals surface area contributed by atoms with Gasteiger partial charge in [-0.25, -0.2) is 0 Å². The predicted molar refractivity (Wildman–Crippen MR) is 112 cm³/mol. The summed E-state index contributed by atoms with van der Waals surface area (Å²) in [4.78, 5) is 12.4. The van der Waals surface area contributed by atoms with E-state index in [0.29, 0.717) is 23.6 Å². The molecule has 1 aromatic carbocycles. The van der Waals surface area contributed by atoms with Gasteiger partial charge < -0.3 is 9.73 Å². The van der Waals surface area contributed by atoms with Crippen molar-refractivity contribution in [1.82, 2.24) is 15.5 Å². The zero-order valence-corrected chi connectivity index (χ0v) is 18.3. The fourth-order valence-corrected chi connectivity index (χ4v) is 3.24. The highest BCUT2D eigenvalue weighted by Crippen LogP contribution is 2.37. The predicted octanol–water partition coefficient (Wildman–Crippen LogP) is 6.00. The number of hydrogen-bond acceptors (Lipinski definition) is 3. The van der Waals surface area contributed by atoms with Gasteiger partial charge in [0.1, 0.15) is 17.2 Å². The van der Waals surface area contributed by atoms with Crippen LogP contribution in [0, 0.1) is 0 Å². The second-order valence-corrected chi connectivity index (χ2v) is 8.86. The number of carbonyl (C=O) groups is 1. The van der Waals surface area contributed by atoms with Crippen LogP contribution in [-0.2, 0) is 18.0 Å². The van der Waals surface area contributed by atoms with Crippen LogP contribution in [0.15, 0.2) is 40.8 Å². The minimum atomic E-state index is -4.55. The van der Waals surface area contributed by atoms with Gasteiger partial charge in [-0.1, -0.05) is 32.4 Å². The molecule has 0 aliphatic rings. The van der Waals surface area contributed by atoms with Crippen LogP contribution in [0.4, 0.5) is 13.2 Å². The standard InChI is InChI=1S/C22H23ClF3N3O2/c1-12(27-20(30)17-11-19(29-28-17)21(2,3)4)9-14-6-8-18(31-14)13-5-7-16(23)15(10-13)22(24,25)26/h5-8,10-12H,9H2,1-4H3,(H,27,30)(H,28,29). The van der Waals surface area contributed by atoms with Gasteiger partial charge in [0.25, 0.3) is 5.91 Å². The summed E-state index contributed by atoms with van der Waals surface area (Å²) in [5.41, 5.74) is 0.310. The lowest BCUT2D eigenvalue weighted by atomic mass is 9.92. The fourth-order valence-electron chi connectivity index (χ4n) is 3.02. The van der Waals surface area contributed by atoms with Gasteiger partial charge in [0, 0.05) is 23.4 Å². The average Bonchev–Trinajstić information content (AvgIpc) is 3.30. The van der Waals surface area contributed by atoms with Crippen molar-refractivity contribution < 1.29 is 22.4 Å². The molecular formula is C22H23ClF3N3O2. The van der Waals surface area contributed by atoms with Crippen LogP contribution in [0.3, 0.4) is 0 Å². The third-order valence-corrected chi connectivity index (χ3v) is 5.02. The molecule has 0 spiro atoms. The molecular weight excluding hydrogens is 431 g/mol.